The summed E-state index contributed by atoms with van der Waals surface area (Å²) in [4.78, 5) is 11.9. The average Bonchev–Trinajstić information content (AvgIpc) is 2.98. The fraction of sp³-hybridized carbons (Fsp3) is 0.438. The average molecular weight is 276 g/mol. The Hall–Kier alpha value is -1.81. The Morgan fingerprint density at radius 3 is 2.85 bits per heavy atom. The summed E-state index contributed by atoms with van der Waals surface area (Å²) in [6.07, 6.45) is 3.78. The molecule has 0 spiro atoms. The molecule has 1 aromatic carbocycles. The molecule has 0 aliphatic carbocycles. The Morgan fingerprint density at radius 1 is 1.40 bits per heavy atom. The van der Waals surface area contributed by atoms with Crippen molar-refractivity contribution in [2.75, 3.05) is 13.2 Å². The number of hydrogen-bond acceptors (Lipinski definition) is 4. The van der Waals surface area contributed by atoms with E-state index in [1.807, 2.05) is 30.3 Å². The molecule has 4 heteroatoms. The predicted molar refractivity (Wildman–Crippen MR) is 74.9 cm³/mol. The van der Waals surface area contributed by atoms with Crippen molar-refractivity contribution in [1.29, 1.82) is 0 Å². The van der Waals surface area contributed by atoms with Crippen LogP contribution in [-0.2, 0) is 25.4 Å². The summed E-state index contributed by atoms with van der Waals surface area (Å²) >= 11 is 0. The van der Waals surface area contributed by atoms with Crippen LogP contribution in [0.15, 0.2) is 42.2 Å². The maximum Gasteiger partial charge on any atom is 0.373 e. The zero-order valence-electron chi connectivity index (χ0n) is 11.7. The first-order chi connectivity index (χ1) is 9.79. The van der Waals surface area contributed by atoms with Gasteiger partial charge in [0.15, 0.2) is 6.29 Å². The van der Waals surface area contributed by atoms with Gasteiger partial charge < -0.3 is 14.2 Å². The fourth-order valence-corrected chi connectivity index (χ4v) is 1.99. The minimum Gasteiger partial charge on any atom is -0.460 e. The van der Waals surface area contributed by atoms with Gasteiger partial charge >= 0.3 is 5.97 Å². The minimum absolute atomic E-state index is 0.227. The molecular weight excluding hydrogens is 256 g/mol. The molecule has 0 bridgehead atoms. The minimum atomic E-state index is -0.432. The van der Waals surface area contributed by atoms with Gasteiger partial charge in [-0.25, -0.2) is 4.79 Å². The molecule has 1 heterocycles. The van der Waals surface area contributed by atoms with Crippen molar-refractivity contribution >= 4 is 5.97 Å². The number of esters is 1. The number of carbonyl (C=O) groups excluding carboxylic acids is 1. The van der Waals surface area contributed by atoms with Crippen molar-refractivity contribution in [2.45, 2.75) is 32.5 Å². The van der Waals surface area contributed by atoms with Crippen molar-refractivity contribution in [3.05, 3.63) is 47.7 Å². The monoisotopic (exact) mass is 276 g/mol. The van der Waals surface area contributed by atoms with Gasteiger partial charge in [0, 0.05) is 12.8 Å². The van der Waals surface area contributed by atoms with Gasteiger partial charge in [0.05, 0.1) is 13.2 Å². The lowest BCUT2D eigenvalue weighted by molar-refractivity contribution is -0.151. The zero-order valence-corrected chi connectivity index (χ0v) is 11.7. The van der Waals surface area contributed by atoms with Crippen LogP contribution < -0.4 is 0 Å². The second-order valence-electron chi connectivity index (χ2n) is 4.58. The molecule has 20 heavy (non-hydrogen) atoms. The van der Waals surface area contributed by atoms with E-state index in [2.05, 4.69) is 0 Å². The lowest BCUT2D eigenvalue weighted by Crippen LogP contribution is -2.18. The van der Waals surface area contributed by atoms with Crippen LogP contribution in [0.1, 0.15) is 25.3 Å². The summed E-state index contributed by atoms with van der Waals surface area (Å²) in [6, 6.07) is 9.91. The molecule has 108 valence electrons. The van der Waals surface area contributed by atoms with Gasteiger partial charge in [-0.3, -0.25) is 0 Å². The van der Waals surface area contributed by atoms with Crippen LogP contribution >= 0.6 is 0 Å². The Balaban J connectivity index is 1.75. The molecule has 1 aliphatic rings. The lowest BCUT2D eigenvalue weighted by Gasteiger charge is -2.14. The molecule has 1 aromatic rings. The Labute approximate surface area is 119 Å². The highest BCUT2D eigenvalue weighted by atomic mass is 16.7. The van der Waals surface area contributed by atoms with E-state index in [0.717, 1.165) is 18.4 Å². The van der Waals surface area contributed by atoms with E-state index >= 15 is 0 Å². The van der Waals surface area contributed by atoms with E-state index in [1.165, 1.54) is 0 Å². The highest BCUT2D eigenvalue weighted by Crippen LogP contribution is 2.17. The molecule has 0 N–H and O–H groups in total. The summed E-state index contributed by atoms with van der Waals surface area (Å²) in [5, 5.41) is 0. The number of benzene rings is 1. The SMILES string of the molecule is C/C=C(/O[C@@H]1CCCO1)C(=O)OCCc1ccccc1. The van der Waals surface area contributed by atoms with Crippen molar-refractivity contribution in [2.24, 2.45) is 0 Å². The lowest BCUT2D eigenvalue weighted by atomic mass is 10.2. The van der Waals surface area contributed by atoms with Crippen molar-refractivity contribution in [3.63, 3.8) is 0 Å². The van der Waals surface area contributed by atoms with Crippen molar-refractivity contribution in [1.82, 2.24) is 0 Å². The number of ether oxygens (including phenoxy) is 3. The maximum atomic E-state index is 11.9. The van der Waals surface area contributed by atoms with Gasteiger partial charge in [-0.2, -0.15) is 0 Å². The predicted octanol–water partition coefficient (Wildman–Crippen LogP) is 2.83. The smallest absolute Gasteiger partial charge is 0.373 e. The summed E-state index contributed by atoms with van der Waals surface area (Å²) in [5.41, 5.74) is 1.14. The normalized spacial score (nSPS) is 18.9. The van der Waals surface area contributed by atoms with Crippen molar-refractivity contribution in [3.8, 4) is 0 Å². The molecule has 1 atom stereocenters. The van der Waals surface area contributed by atoms with Gasteiger partial charge in [-0.05, 0) is 25.0 Å². The van der Waals surface area contributed by atoms with Crippen LogP contribution in [0.4, 0.5) is 0 Å². The Morgan fingerprint density at radius 2 is 2.20 bits per heavy atom. The zero-order chi connectivity index (χ0) is 14.2. The van der Waals surface area contributed by atoms with E-state index in [9.17, 15) is 4.79 Å². The largest absolute Gasteiger partial charge is 0.460 e. The molecule has 0 saturated carbocycles. The highest BCUT2D eigenvalue weighted by molar-refractivity contribution is 5.86. The standard InChI is InChI=1S/C16H20O4/c1-2-14(20-15-9-6-11-18-15)16(17)19-12-10-13-7-4-3-5-8-13/h2-5,7-8,15H,6,9-12H2,1H3/b14-2+/t15-/m1/s1. The highest BCUT2D eigenvalue weighted by Gasteiger charge is 2.21. The molecule has 0 amide bonds. The molecule has 4 nitrogen and oxygen atoms in total. The summed E-state index contributed by atoms with van der Waals surface area (Å²) in [7, 11) is 0. The fourth-order valence-electron chi connectivity index (χ4n) is 1.99. The number of hydrogen-bond donors (Lipinski definition) is 0. The van der Waals surface area contributed by atoms with E-state index in [1.54, 1.807) is 13.0 Å². The molecule has 2 rings (SSSR count). The van der Waals surface area contributed by atoms with Gasteiger partial charge in [0.2, 0.25) is 5.76 Å². The van der Waals surface area contributed by atoms with Crippen LogP contribution in [0.5, 0.6) is 0 Å². The van der Waals surface area contributed by atoms with Gasteiger partial charge in [-0.1, -0.05) is 30.3 Å². The van der Waals surface area contributed by atoms with Crippen LogP contribution in [0.2, 0.25) is 0 Å². The van der Waals surface area contributed by atoms with Gasteiger partial charge in [0.25, 0.3) is 0 Å². The van der Waals surface area contributed by atoms with Crippen LogP contribution in [0, 0.1) is 0 Å². The topological polar surface area (TPSA) is 44.8 Å². The van der Waals surface area contributed by atoms with E-state index < -0.39 is 5.97 Å². The second-order valence-corrected chi connectivity index (χ2v) is 4.58. The molecule has 0 radical (unpaired) electrons. The Kier molecular flexibility index (Phi) is 5.62. The first-order valence-corrected chi connectivity index (χ1v) is 6.95. The second kappa shape index (κ2) is 7.70. The van der Waals surface area contributed by atoms with E-state index in [0.29, 0.717) is 19.6 Å². The third-order valence-corrected chi connectivity index (χ3v) is 3.08. The Bertz CT molecular complexity index is 447. The van der Waals surface area contributed by atoms with E-state index in [4.69, 9.17) is 14.2 Å². The molecule has 1 saturated heterocycles. The molecular formula is C16H20O4. The van der Waals surface area contributed by atoms with E-state index in [-0.39, 0.29) is 12.0 Å². The molecule has 0 unspecified atom stereocenters. The first-order valence-electron chi connectivity index (χ1n) is 6.95. The maximum absolute atomic E-state index is 11.9. The van der Waals surface area contributed by atoms with Crippen LogP contribution in [0.25, 0.3) is 0 Å². The molecule has 1 fully saturated rings. The summed E-state index contributed by atoms with van der Waals surface area (Å²) < 4.78 is 16.0. The van der Waals surface area contributed by atoms with Crippen LogP contribution in [-0.4, -0.2) is 25.5 Å². The molecule has 1 aliphatic heterocycles. The van der Waals surface area contributed by atoms with Gasteiger partial charge in [-0.15, -0.1) is 0 Å². The number of carbonyl (C=O) groups is 1. The third kappa shape index (κ3) is 4.38. The first kappa shape index (κ1) is 14.6. The number of rotatable bonds is 6. The summed E-state index contributed by atoms with van der Waals surface area (Å²) in [5.74, 6) is -0.205. The quantitative estimate of drug-likeness (QED) is 0.455. The van der Waals surface area contributed by atoms with Gasteiger partial charge in [0.1, 0.15) is 0 Å². The third-order valence-electron chi connectivity index (χ3n) is 3.08. The number of allylic oxidation sites excluding steroid dienone is 1. The molecule has 0 aromatic heterocycles. The van der Waals surface area contributed by atoms with Crippen molar-refractivity contribution < 1.29 is 19.0 Å². The summed E-state index contributed by atoms with van der Waals surface area (Å²) in [6.45, 7) is 2.78. The van der Waals surface area contributed by atoms with Crippen LogP contribution in [0.3, 0.4) is 0 Å².